The number of hydrogen-bond donors (Lipinski definition) is 1. The summed E-state index contributed by atoms with van der Waals surface area (Å²) in [4.78, 5) is 25.4. The Morgan fingerprint density at radius 1 is 1.08 bits per heavy atom. The first-order valence-corrected chi connectivity index (χ1v) is 8.91. The van der Waals surface area contributed by atoms with Crippen LogP contribution in [0.25, 0.3) is 0 Å². The zero-order valence-corrected chi connectivity index (χ0v) is 14.3. The first-order chi connectivity index (χ1) is 12.3. The number of hydrogen-bond acceptors (Lipinski definition) is 5. The fourth-order valence-corrected chi connectivity index (χ4v) is 3.08. The summed E-state index contributed by atoms with van der Waals surface area (Å²) in [5, 5.41) is 3.34. The van der Waals surface area contributed by atoms with E-state index in [1.54, 1.807) is 6.20 Å². The summed E-state index contributed by atoms with van der Waals surface area (Å²) in [6.45, 7) is 4.21. The van der Waals surface area contributed by atoms with Gasteiger partial charge in [0.2, 0.25) is 0 Å². The highest BCUT2D eigenvalue weighted by Gasteiger charge is 2.23. The maximum absolute atomic E-state index is 12.6. The number of aromatic nitrogens is 2. The third-order valence-corrected chi connectivity index (χ3v) is 4.75. The third kappa shape index (κ3) is 4.14. The third-order valence-electron chi connectivity index (χ3n) is 4.75. The quantitative estimate of drug-likeness (QED) is 0.904. The van der Waals surface area contributed by atoms with Crippen LogP contribution in [0.2, 0.25) is 0 Å². The van der Waals surface area contributed by atoms with Crippen molar-refractivity contribution in [2.45, 2.75) is 25.4 Å². The van der Waals surface area contributed by atoms with E-state index in [0.29, 0.717) is 11.6 Å². The van der Waals surface area contributed by atoms with Crippen LogP contribution in [0.1, 0.15) is 28.8 Å². The molecule has 2 aromatic heterocycles. The van der Waals surface area contributed by atoms with Crippen molar-refractivity contribution < 1.29 is 4.79 Å². The van der Waals surface area contributed by atoms with Crippen molar-refractivity contribution in [1.29, 1.82) is 0 Å². The number of anilines is 1. The van der Waals surface area contributed by atoms with Crippen LogP contribution in [-0.2, 0) is 6.54 Å². The van der Waals surface area contributed by atoms with Crippen molar-refractivity contribution in [3.8, 4) is 0 Å². The first-order valence-electron chi connectivity index (χ1n) is 8.91. The number of pyridine rings is 2. The second-order valence-electron chi connectivity index (χ2n) is 6.77. The highest BCUT2D eigenvalue weighted by molar-refractivity contribution is 5.94. The van der Waals surface area contributed by atoms with Gasteiger partial charge in [-0.2, -0.15) is 0 Å². The van der Waals surface area contributed by atoms with Gasteiger partial charge in [-0.15, -0.1) is 0 Å². The molecule has 1 saturated heterocycles. The summed E-state index contributed by atoms with van der Waals surface area (Å²) in [6, 6.07) is 8.44. The Balaban J connectivity index is 1.30. The molecule has 4 rings (SSSR count). The highest BCUT2D eigenvalue weighted by Crippen LogP contribution is 2.23. The van der Waals surface area contributed by atoms with E-state index in [1.807, 2.05) is 41.6 Å². The lowest BCUT2D eigenvalue weighted by molar-refractivity contribution is 0.0628. The lowest BCUT2D eigenvalue weighted by atomic mass is 10.2. The average Bonchev–Trinajstić information content (AvgIpc) is 3.47. The van der Waals surface area contributed by atoms with Crippen LogP contribution in [-0.4, -0.2) is 57.9 Å². The molecule has 2 aromatic rings. The molecule has 2 fully saturated rings. The van der Waals surface area contributed by atoms with Gasteiger partial charge in [0.25, 0.3) is 5.91 Å². The van der Waals surface area contributed by atoms with E-state index in [-0.39, 0.29) is 5.91 Å². The summed E-state index contributed by atoms with van der Waals surface area (Å²) >= 11 is 0. The normalized spacial score (nSPS) is 18.2. The topological polar surface area (TPSA) is 61.4 Å². The Kier molecular flexibility index (Phi) is 4.61. The largest absolute Gasteiger partial charge is 0.367 e. The van der Waals surface area contributed by atoms with Crippen molar-refractivity contribution in [2.24, 2.45) is 0 Å². The summed E-state index contributed by atoms with van der Waals surface area (Å²) in [5.41, 5.74) is 1.93. The minimum absolute atomic E-state index is 0.0778. The van der Waals surface area contributed by atoms with E-state index < -0.39 is 0 Å². The van der Waals surface area contributed by atoms with Crippen LogP contribution >= 0.6 is 0 Å². The number of carbonyl (C=O) groups excluding carboxylic acids is 1. The van der Waals surface area contributed by atoms with Gasteiger partial charge in [-0.1, -0.05) is 0 Å². The molecule has 6 heteroatoms. The summed E-state index contributed by atoms with van der Waals surface area (Å²) in [5.74, 6) is 0.940. The van der Waals surface area contributed by atoms with Gasteiger partial charge < -0.3 is 10.2 Å². The van der Waals surface area contributed by atoms with E-state index in [9.17, 15) is 4.79 Å². The Labute approximate surface area is 147 Å². The van der Waals surface area contributed by atoms with Gasteiger partial charge in [-0.3, -0.25) is 14.7 Å². The SMILES string of the molecule is O=C(c1ccc(NC2CC2)nc1)N1CCN(Cc2ccncc2)CC1. The van der Waals surface area contributed by atoms with Crippen LogP contribution < -0.4 is 5.32 Å². The second-order valence-corrected chi connectivity index (χ2v) is 6.77. The van der Waals surface area contributed by atoms with Crippen LogP contribution in [0, 0.1) is 0 Å². The summed E-state index contributed by atoms with van der Waals surface area (Å²) in [6.07, 6.45) is 7.77. The van der Waals surface area contributed by atoms with E-state index in [1.165, 1.54) is 18.4 Å². The predicted molar refractivity (Wildman–Crippen MR) is 96.3 cm³/mol. The average molecular weight is 337 g/mol. The molecular weight excluding hydrogens is 314 g/mol. The fourth-order valence-electron chi connectivity index (χ4n) is 3.08. The van der Waals surface area contributed by atoms with Crippen molar-refractivity contribution in [1.82, 2.24) is 19.8 Å². The minimum Gasteiger partial charge on any atom is -0.367 e. The van der Waals surface area contributed by atoms with Crippen LogP contribution in [0.3, 0.4) is 0 Å². The fraction of sp³-hybridized carbons (Fsp3) is 0.421. The summed E-state index contributed by atoms with van der Waals surface area (Å²) < 4.78 is 0. The van der Waals surface area contributed by atoms with Crippen molar-refractivity contribution in [3.63, 3.8) is 0 Å². The lowest BCUT2D eigenvalue weighted by Crippen LogP contribution is -2.48. The molecule has 130 valence electrons. The Hall–Kier alpha value is -2.47. The molecule has 0 radical (unpaired) electrons. The molecule has 1 saturated carbocycles. The smallest absolute Gasteiger partial charge is 0.255 e. The molecule has 6 nitrogen and oxygen atoms in total. The molecular formula is C19H23N5O. The first kappa shape index (κ1) is 16.0. The molecule has 0 aromatic carbocycles. The Bertz CT molecular complexity index is 706. The molecule has 2 aliphatic rings. The molecule has 1 aliphatic carbocycles. The highest BCUT2D eigenvalue weighted by atomic mass is 16.2. The standard InChI is InChI=1S/C19H23N5O/c25-19(16-1-4-18(21-13-16)22-17-2-3-17)24-11-9-23(10-12-24)14-15-5-7-20-8-6-15/h1,4-8,13,17H,2-3,9-12,14H2,(H,21,22). The zero-order valence-electron chi connectivity index (χ0n) is 14.3. The van der Waals surface area contributed by atoms with Crippen molar-refractivity contribution >= 4 is 11.7 Å². The van der Waals surface area contributed by atoms with E-state index >= 15 is 0 Å². The van der Waals surface area contributed by atoms with Crippen LogP contribution in [0.5, 0.6) is 0 Å². The van der Waals surface area contributed by atoms with Gasteiger partial charge in [-0.25, -0.2) is 4.98 Å². The van der Waals surface area contributed by atoms with E-state index in [2.05, 4.69) is 20.2 Å². The van der Waals surface area contributed by atoms with Gasteiger partial charge in [0.1, 0.15) is 5.82 Å². The van der Waals surface area contributed by atoms with Gasteiger partial charge in [0, 0.05) is 57.4 Å². The predicted octanol–water partition coefficient (Wildman–Crippen LogP) is 2.01. The molecule has 25 heavy (non-hydrogen) atoms. The number of carbonyl (C=O) groups is 1. The van der Waals surface area contributed by atoms with Gasteiger partial charge in [0.15, 0.2) is 0 Å². The van der Waals surface area contributed by atoms with Gasteiger partial charge in [-0.05, 0) is 42.7 Å². The minimum atomic E-state index is 0.0778. The zero-order chi connectivity index (χ0) is 17.1. The molecule has 0 atom stereocenters. The van der Waals surface area contributed by atoms with Gasteiger partial charge >= 0.3 is 0 Å². The van der Waals surface area contributed by atoms with Crippen LogP contribution in [0.4, 0.5) is 5.82 Å². The second kappa shape index (κ2) is 7.19. The molecule has 1 aliphatic heterocycles. The molecule has 1 N–H and O–H groups in total. The molecule has 0 spiro atoms. The number of nitrogens with zero attached hydrogens (tertiary/aromatic N) is 4. The molecule has 0 bridgehead atoms. The van der Waals surface area contributed by atoms with E-state index in [4.69, 9.17) is 0 Å². The monoisotopic (exact) mass is 337 g/mol. The van der Waals surface area contributed by atoms with Crippen LogP contribution in [0.15, 0.2) is 42.9 Å². The van der Waals surface area contributed by atoms with E-state index in [0.717, 1.165) is 38.5 Å². The molecule has 3 heterocycles. The Morgan fingerprint density at radius 2 is 1.84 bits per heavy atom. The lowest BCUT2D eigenvalue weighted by Gasteiger charge is -2.34. The maximum atomic E-state index is 12.6. The number of nitrogens with one attached hydrogen (secondary N) is 1. The number of amides is 1. The van der Waals surface area contributed by atoms with Crippen molar-refractivity contribution in [2.75, 3.05) is 31.5 Å². The number of rotatable bonds is 5. The maximum Gasteiger partial charge on any atom is 0.255 e. The molecule has 1 amide bonds. The molecule has 0 unspecified atom stereocenters. The van der Waals surface area contributed by atoms with Gasteiger partial charge in [0.05, 0.1) is 5.56 Å². The number of piperazine rings is 1. The Morgan fingerprint density at radius 3 is 2.48 bits per heavy atom. The summed E-state index contributed by atoms with van der Waals surface area (Å²) in [7, 11) is 0. The van der Waals surface area contributed by atoms with Crippen molar-refractivity contribution in [3.05, 3.63) is 54.0 Å².